The summed E-state index contributed by atoms with van der Waals surface area (Å²) in [4.78, 5) is 24.2. The van der Waals surface area contributed by atoms with E-state index in [1.807, 2.05) is 55.5 Å². The Balaban J connectivity index is 2.37. The number of fused-ring (bicyclic) bond motifs is 1. The molecule has 0 saturated carbocycles. The highest BCUT2D eigenvalue weighted by molar-refractivity contribution is 14.1. The van der Waals surface area contributed by atoms with Crippen LogP contribution in [-0.4, -0.2) is 15.6 Å². The molecule has 3 rings (SSSR count). The summed E-state index contributed by atoms with van der Waals surface area (Å²) in [5.74, 6) is -1.20. The fourth-order valence-corrected chi connectivity index (χ4v) is 3.20. The van der Waals surface area contributed by atoms with Gasteiger partial charge in [-0.15, -0.1) is 0 Å². The van der Waals surface area contributed by atoms with E-state index in [9.17, 15) is 14.7 Å². The lowest BCUT2D eigenvalue weighted by Gasteiger charge is -2.19. The molecular weight excluding hydrogens is 405 g/mol. The number of benzene rings is 2. The molecule has 0 amide bonds. The second-order valence-corrected chi connectivity index (χ2v) is 6.57. The Morgan fingerprint density at radius 1 is 1.13 bits per heavy atom. The van der Waals surface area contributed by atoms with Crippen molar-refractivity contribution in [3.8, 4) is 0 Å². The maximum Gasteiger partial charge on any atom is 0.341 e. The fraction of sp³-hybridized carbons (Fsp3) is 0.111. The first kappa shape index (κ1) is 15.7. The van der Waals surface area contributed by atoms with Crippen molar-refractivity contribution in [3.05, 3.63) is 79.6 Å². The average Bonchev–Trinajstić information content (AvgIpc) is 2.54. The minimum absolute atomic E-state index is 0.207. The smallest absolute Gasteiger partial charge is 0.341 e. The van der Waals surface area contributed by atoms with E-state index in [0.29, 0.717) is 0 Å². The van der Waals surface area contributed by atoms with Gasteiger partial charge in [0.1, 0.15) is 5.56 Å². The molecule has 0 saturated heterocycles. The lowest BCUT2D eigenvalue weighted by atomic mass is 10.1. The molecule has 0 aliphatic carbocycles. The molecule has 5 heteroatoms. The third kappa shape index (κ3) is 2.88. The van der Waals surface area contributed by atoms with Gasteiger partial charge in [-0.3, -0.25) is 4.79 Å². The molecule has 0 bridgehead atoms. The summed E-state index contributed by atoms with van der Waals surface area (Å²) in [6.07, 6.45) is 0. The molecule has 0 aliphatic heterocycles. The van der Waals surface area contributed by atoms with Gasteiger partial charge >= 0.3 is 5.97 Å². The summed E-state index contributed by atoms with van der Waals surface area (Å²) in [5.41, 5.74) is 1.00. The number of halogens is 1. The van der Waals surface area contributed by atoms with Gasteiger partial charge in [-0.2, -0.15) is 0 Å². The van der Waals surface area contributed by atoms with Crippen LogP contribution in [0.4, 0.5) is 0 Å². The number of aromatic nitrogens is 1. The molecule has 1 aromatic heterocycles. The molecule has 0 aliphatic rings. The second-order valence-electron chi connectivity index (χ2n) is 5.33. The zero-order valence-electron chi connectivity index (χ0n) is 12.4. The number of rotatable bonds is 3. The Bertz CT molecular complexity index is 948. The van der Waals surface area contributed by atoms with E-state index >= 15 is 0 Å². The lowest BCUT2D eigenvalue weighted by Crippen LogP contribution is -2.29. The van der Waals surface area contributed by atoms with E-state index in [4.69, 9.17) is 0 Å². The van der Waals surface area contributed by atoms with E-state index in [1.54, 1.807) is 4.57 Å². The molecular formula is C18H14INO3. The van der Waals surface area contributed by atoms with Gasteiger partial charge in [0.05, 0.1) is 11.6 Å². The predicted molar refractivity (Wildman–Crippen MR) is 98.1 cm³/mol. The average molecular weight is 419 g/mol. The molecule has 2 aromatic carbocycles. The summed E-state index contributed by atoms with van der Waals surface area (Å²) >= 11 is 2.18. The van der Waals surface area contributed by atoms with Crippen LogP contribution in [0.2, 0.25) is 0 Å². The fourth-order valence-electron chi connectivity index (χ4n) is 2.72. The normalized spacial score (nSPS) is 12.3. The van der Waals surface area contributed by atoms with Crippen molar-refractivity contribution < 1.29 is 9.90 Å². The maximum atomic E-state index is 12.7. The minimum Gasteiger partial charge on any atom is -0.477 e. The van der Waals surface area contributed by atoms with Gasteiger partial charge in [0.25, 0.3) is 5.56 Å². The molecule has 116 valence electrons. The van der Waals surface area contributed by atoms with Crippen LogP contribution in [0.15, 0.2) is 59.4 Å². The van der Waals surface area contributed by atoms with E-state index < -0.39 is 11.5 Å². The molecule has 0 spiro atoms. The molecule has 3 aromatic rings. The summed E-state index contributed by atoms with van der Waals surface area (Å²) < 4.78 is 2.56. The van der Waals surface area contributed by atoms with Crippen molar-refractivity contribution in [2.45, 2.75) is 13.0 Å². The largest absolute Gasteiger partial charge is 0.477 e. The SMILES string of the molecule is CC(c1ccccc1)n1c(=O)c(C(=O)O)cc2ccc(I)cc21. The molecule has 0 fully saturated rings. The van der Waals surface area contributed by atoms with Crippen LogP contribution in [0.1, 0.15) is 28.9 Å². The van der Waals surface area contributed by atoms with Crippen LogP contribution >= 0.6 is 22.6 Å². The van der Waals surface area contributed by atoms with Gasteiger partial charge in [-0.05, 0) is 58.7 Å². The van der Waals surface area contributed by atoms with Gasteiger partial charge in [0, 0.05) is 3.57 Å². The first-order chi connectivity index (χ1) is 11.0. The number of nitrogens with zero attached hydrogens (tertiary/aromatic N) is 1. The predicted octanol–water partition coefficient (Wildman–Crippen LogP) is 3.91. The highest BCUT2D eigenvalue weighted by Crippen LogP contribution is 2.24. The zero-order chi connectivity index (χ0) is 16.6. The van der Waals surface area contributed by atoms with Gasteiger partial charge in [0.15, 0.2) is 0 Å². The van der Waals surface area contributed by atoms with E-state index in [-0.39, 0.29) is 11.6 Å². The van der Waals surface area contributed by atoms with Crippen molar-refractivity contribution in [3.63, 3.8) is 0 Å². The highest BCUT2D eigenvalue weighted by atomic mass is 127. The maximum absolute atomic E-state index is 12.7. The number of hydrogen-bond acceptors (Lipinski definition) is 2. The Hall–Kier alpha value is -2.15. The molecule has 1 N–H and O–H groups in total. The molecule has 1 unspecified atom stereocenters. The third-order valence-electron chi connectivity index (χ3n) is 3.90. The third-order valence-corrected chi connectivity index (χ3v) is 4.57. The quantitative estimate of drug-likeness (QED) is 0.655. The van der Waals surface area contributed by atoms with Crippen LogP contribution in [-0.2, 0) is 0 Å². The highest BCUT2D eigenvalue weighted by Gasteiger charge is 2.19. The van der Waals surface area contributed by atoms with Crippen molar-refractivity contribution in [2.75, 3.05) is 0 Å². The molecule has 23 heavy (non-hydrogen) atoms. The molecule has 1 heterocycles. The van der Waals surface area contributed by atoms with Crippen molar-refractivity contribution in [1.29, 1.82) is 0 Å². The van der Waals surface area contributed by atoms with Crippen LogP contribution in [0.5, 0.6) is 0 Å². The van der Waals surface area contributed by atoms with E-state index in [1.165, 1.54) is 6.07 Å². The standard InChI is InChI=1S/C18H14INO3/c1-11(12-5-3-2-4-6-12)20-16-10-14(19)8-7-13(16)9-15(17(20)21)18(22)23/h2-11H,1H3,(H,22,23). The molecule has 0 radical (unpaired) electrons. The number of carbonyl (C=O) groups is 1. The van der Waals surface area contributed by atoms with E-state index in [2.05, 4.69) is 22.6 Å². The monoisotopic (exact) mass is 419 g/mol. The lowest BCUT2D eigenvalue weighted by molar-refractivity contribution is 0.0694. The summed E-state index contributed by atoms with van der Waals surface area (Å²) in [5, 5.41) is 10.1. The number of carboxylic acid groups (broad SMARTS) is 1. The Labute approximate surface area is 146 Å². The summed E-state index contributed by atoms with van der Waals surface area (Å²) in [6, 6.07) is 16.4. The van der Waals surface area contributed by atoms with Gasteiger partial charge in [0.2, 0.25) is 0 Å². The van der Waals surface area contributed by atoms with Gasteiger partial charge in [-0.25, -0.2) is 4.79 Å². The first-order valence-electron chi connectivity index (χ1n) is 7.12. The number of hydrogen-bond donors (Lipinski definition) is 1. The molecule has 4 nitrogen and oxygen atoms in total. The van der Waals surface area contributed by atoms with Crippen molar-refractivity contribution >= 4 is 39.5 Å². The van der Waals surface area contributed by atoms with Crippen molar-refractivity contribution in [2.24, 2.45) is 0 Å². The Kier molecular flexibility index (Phi) is 4.21. The van der Waals surface area contributed by atoms with E-state index in [0.717, 1.165) is 20.0 Å². The summed E-state index contributed by atoms with van der Waals surface area (Å²) in [7, 11) is 0. The molecule has 1 atom stereocenters. The number of carboxylic acids is 1. The van der Waals surface area contributed by atoms with Gasteiger partial charge in [-0.1, -0.05) is 36.4 Å². The number of pyridine rings is 1. The second kappa shape index (κ2) is 6.16. The van der Waals surface area contributed by atoms with Crippen molar-refractivity contribution in [1.82, 2.24) is 4.57 Å². The zero-order valence-corrected chi connectivity index (χ0v) is 14.5. The topological polar surface area (TPSA) is 59.3 Å². The summed E-state index contributed by atoms with van der Waals surface area (Å²) in [6.45, 7) is 1.90. The minimum atomic E-state index is -1.20. The Morgan fingerprint density at radius 3 is 2.48 bits per heavy atom. The van der Waals surface area contributed by atoms with Gasteiger partial charge < -0.3 is 9.67 Å². The number of aromatic carboxylic acids is 1. The Morgan fingerprint density at radius 2 is 1.83 bits per heavy atom. The van der Waals surface area contributed by atoms with Crippen LogP contribution in [0.25, 0.3) is 10.9 Å². The van der Waals surface area contributed by atoms with Crippen LogP contribution < -0.4 is 5.56 Å². The van der Waals surface area contributed by atoms with Crippen LogP contribution in [0.3, 0.4) is 0 Å². The van der Waals surface area contributed by atoms with Crippen LogP contribution in [0, 0.1) is 3.57 Å². The first-order valence-corrected chi connectivity index (χ1v) is 8.20.